The molecule has 5 heteroatoms. The van der Waals surface area contributed by atoms with E-state index in [0.717, 1.165) is 11.6 Å². The highest BCUT2D eigenvalue weighted by molar-refractivity contribution is 7.11. The molecule has 0 aliphatic rings. The van der Waals surface area contributed by atoms with Gasteiger partial charge in [-0.05, 0) is 6.92 Å². The zero-order chi connectivity index (χ0) is 10.1. The van der Waals surface area contributed by atoms with Crippen molar-refractivity contribution >= 4 is 17.1 Å². The van der Waals surface area contributed by atoms with Gasteiger partial charge in [0.15, 0.2) is 10.8 Å². The molecular formula is C9H9N3OS. The van der Waals surface area contributed by atoms with E-state index in [-0.39, 0.29) is 5.78 Å². The normalized spacial score (nSPS) is 10.4. The number of ketones is 1. The van der Waals surface area contributed by atoms with Crippen molar-refractivity contribution in [3.8, 4) is 5.82 Å². The van der Waals surface area contributed by atoms with Crippen LogP contribution in [0.5, 0.6) is 0 Å². The lowest BCUT2D eigenvalue weighted by molar-refractivity contribution is 0.101. The molecule has 0 atom stereocenters. The van der Waals surface area contributed by atoms with Crippen LogP contribution < -0.4 is 0 Å². The van der Waals surface area contributed by atoms with Gasteiger partial charge >= 0.3 is 0 Å². The Kier molecular flexibility index (Phi) is 2.17. The lowest BCUT2D eigenvalue weighted by atomic mass is 10.5. The summed E-state index contributed by atoms with van der Waals surface area (Å²) in [5.74, 6) is 1.62. The summed E-state index contributed by atoms with van der Waals surface area (Å²) >= 11 is 1.36. The first-order valence-electron chi connectivity index (χ1n) is 4.15. The molecule has 0 amide bonds. The Labute approximate surface area is 85.2 Å². The van der Waals surface area contributed by atoms with Crippen molar-refractivity contribution in [3.63, 3.8) is 0 Å². The molecule has 0 aliphatic carbocycles. The van der Waals surface area contributed by atoms with Gasteiger partial charge in [-0.2, -0.15) is 0 Å². The number of aryl methyl sites for hydroxylation is 1. The molecule has 2 rings (SSSR count). The Bertz CT molecular complexity index is 472. The highest BCUT2D eigenvalue weighted by Gasteiger charge is 2.08. The van der Waals surface area contributed by atoms with E-state index < -0.39 is 0 Å². The fourth-order valence-electron chi connectivity index (χ4n) is 1.16. The van der Waals surface area contributed by atoms with Crippen LogP contribution in [-0.4, -0.2) is 20.3 Å². The van der Waals surface area contributed by atoms with Crippen LogP contribution in [0.2, 0.25) is 0 Å². The number of carbonyl (C=O) groups excluding carboxylic acids is 1. The minimum atomic E-state index is -0.000909. The number of nitrogens with zero attached hydrogens (tertiary/aromatic N) is 3. The molecule has 14 heavy (non-hydrogen) atoms. The summed E-state index contributed by atoms with van der Waals surface area (Å²) in [5.41, 5.74) is 0. The molecule has 2 heterocycles. The molecule has 2 aromatic heterocycles. The van der Waals surface area contributed by atoms with Gasteiger partial charge < -0.3 is 0 Å². The third-order valence-corrected chi connectivity index (χ3v) is 2.80. The second-order valence-corrected chi connectivity index (χ2v) is 3.77. The molecule has 72 valence electrons. The monoisotopic (exact) mass is 207 g/mol. The maximum atomic E-state index is 11.0. The highest BCUT2D eigenvalue weighted by Crippen LogP contribution is 2.15. The van der Waals surface area contributed by atoms with Gasteiger partial charge in [0.1, 0.15) is 11.6 Å². The molecule has 0 spiro atoms. The summed E-state index contributed by atoms with van der Waals surface area (Å²) in [4.78, 5) is 19.3. The summed E-state index contributed by atoms with van der Waals surface area (Å²) in [6.07, 6.45) is 3.54. The lowest BCUT2D eigenvalue weighted by Crippen LogP contribution is -1.97. The zero-order valence-electron chi connectivity index (χ0n) is 7.89. The highest BCUT2D eigenvalue weighted by atomic mass is 32.1. The van der Waals surface area contributed by atoms with Crippen molar-refractivity contribution in [3.05, 3.63) is 28.6 Å². The largest absolute Gasteiger partial charge is 0.292 e. The second-order valence-electron chi connectivity index (χ2n) is 2.91. The fourth-order valence-corrected chi connectivity index (χ4v) is 1.85. The fraction of sp³-hybridized carbons (Fsp3) is 0.222. The Hall–Kier alpha value is -1.49. The van der Waals surface area contributed by atoms with Crippen LogP contribution in [0.3, 0.4) is 0 Å². The number of rotatable bonds is 2. The van der Waals surface area contributed by atoms with E-state index in [2.05, 4.69) is 9.97 Å². The van der Waals surface area contributed by atoms with Gasteiger partial charge in [-0.15, -0.1) is 11.3 Å². The van der Waals surface area contributed by atoms with Crippen molar-refractivity contribution in [1.29, 1.82) is 0 Å². The topological polar surface area (TPSA) is 47.8 Å². The third-order valence-electron chi connectivity index (χ3n) is 1.87. The van der Waals surface area contributed by atoms with Crippen LogP contribution in [0.15, 0.2) is 17.8 Å². The van der Waals surface area contributed by atoms with E-state index in [1.807, 2.05) is 23.1 Å². The quantitative estimate of drug-likeness (QED) is 0.706. The zero-order valence-corrected chi connectivity index (χ0v) is 8.71. The molecule has 0 saturated carbocycles. The molecule has 0 aliphatic heterocycles. The molecule has 0 unspecified atom stereocenters. The van der Waals surface area contributed by atoms with Crippen molar-refractivity contribution in [2.45, 2.75) is 13.8 Å². The van der Waals surface area contributed by atoms with Crippen LogP contribution in [-0.2, 0) is 0 Å². The molecule has 0 saturated heterocycles. The average Bonchev–Trinajstić information content (AvgIpc) is 2.71. The summed E-state index contributed by atoms with van der Waals surface area (Å²) in [5, 5.41) is 2.39. The minimum Gasteiger partial charge on any atom is -0.292 e. The molecule has 2 aromatic rings. The van der Waals surface area contributed by atoms with E-state index in [1.54, 1.807) is 6.20 Å². The lowest BCUT2D eigenvalue weighted by Gasteiger charge is -1.97. The van der Waals surface area contributed by atoms with E-state index in [9.17, 15) is 4.79 Å². The Morgan fingerprint density at radius 1 is 1.57 bits per heavy atom. The van der Waals surface area contributed by atoms with Gasteiger partial charge in [0.2, 0.25) is 0 Å². The molecule has 4 nitrogen and oxygen atoms in total. The second kappa shape index (κ2) is 3.34. The smallest absolute Gasteiger partial charge is 0.188 e. The number of thiazole rings is 1. The molecule has 0 aromatic carbocycles. The van der Waals surface area contributed by atoms with Gasteiger partial charge in [0.25, 0.3) is 0 Å². The minimum absolute atomic E-state index is 0.000909. The predicted molar refractivity (Wildman–Crippen MR) is 54.0 cm³/mol. The Morgan fingerprint density at radius 2 is 2.36 bits per heavy atom. The number of imidazole rings is 1. The van der Waals surface area contributed by atoms with E-state index >= 15 is 0 Å². The van der Waals surface area contributed by atoms with Crippen LogP contribution in [0.1, 0.15) is 22.6 Å². The van der Waals surface area contributed by atoms with E-state index in [4.69, 9.17) is 0 Å². The van der Waals surface area contributed by atoms with Crippen LogP contribution in [0.4, 0.5) is 0 Å². The third kappa shape index (κ3) is 1.46. The molecule has 0 radical (unpaired) electrons. The maximum Gasteiger partial charge on any atom is 0.188 e. The standard InChI is InChI=1S/C9H9N3OS/c1-6(13)9-11-8(5-14-9)12-4-3-10-7(12)2/h3-5H,1-2H3. The number of carbonyl (C=O) groups is 1. The van der Waals surface area contributed by atoms with Gasteiger partial charge in [0, 0.05) is 24.7 Å². The van der Waals surface area contributed by atoms with Gasteiger partial charge in [-0.25, -0.2) is 9.97 Å². The SMILES string of the molecule is CC(=O)c1nc(-n2ccnc2C)cs1. The first-order chi connectivity index (χ1) is 6.68. The van der Waals surface area contributed by atoms with Gasteiger partial charge in [0.05, 0.1) is 0 Å². The first-order valence-corrected chi connectivity index (χ1v) is 5.03. The average molecular weight is 207 g/mol. The van der Waals surface area contributed by atoms with Crippen LogP contribution >= 0.6 is 11.3 Å². The molecule has 0 fully saturated rings. The van der Waals surface area contributed by atoms with Crippen molar-refractivity contribution in [2.75, 3.05) is 0 Å². The van der Waals surface area contributed by atoms with Gasteiger partial charge in [-0.3, -0.25) is 9.36 Å². The molecule has 0 bridgehead atoms. The van der Waals surface area contributed by atoms with E-state index in [0.29, 0.717) is 5.01 Å². The molecule has 0 N–H and O–H groups in total. The van der Waals surface area contributed by atoms with Crippen molar-refractivity contribution < 1.29 is 4.79 Å². The first kappa shape index (κ1) is 9.08. The summed E-state index contributed by atoms with van der Waals surface area (Å²) < 4.78 is 1.85. The van der Waals surface area contributed by atoms with E-state index in [1.165, 1.54) is 18.3 Å². The summed E-state index contributed by atoms with van der Waals surface area (Å²) in [7, 11) is 0. The summed E-state index contributed by atoms with van der Waals surface area (Å²) in [6.45, 7) is 3.41. The maximum absolute atomic E-state index is 11.0. The van der Waals surface area contributed by atoms with Gasteiger partial charge in [-0.1, -0.05) is 0 Å². The Morgan fingerprint density at radius 3 is 2.86 bits per heavy atom. The van der Waals surface area contributed by atoms with Crippen LogP contribution in [0.25, 0.3) is 5.82 Å². The Balaban J connectivity index is 2.43. The predicted octanol–water partition coefficient (Wildman–Crippen LogP) is 1.84. The number of hydrogen-bond donors (Lipinski definition) is 0. The number of aromatic nitrogens is 3. The molecular weight excluding hydrogens is 198 g/mol. The van der Waals surface area contributed by atoms with Crippen LogP contribution in [0, 0.1) is 6.92 Å². The number of Topliss-reactive ketones (excluding diaryl/α,β-unsaturated/α-hetero) is 1. The van der Waals surface area contributed by atoms with Crippen molar-refractivity contribution in [1.82, 2.24) is 14.5 Å². The number of hydrogen-bond acceptors (Lipinski definition) is 4. The summed E-state index contributed by atoms with van der Waals surface area (Å²) in [6, 6.07) is 0. The van der Waals surface area contributed by atoms with Crippen molar-refractivity contribution in [2.24, 2.45) is 0 Å².